The lowest BCUT2D eigenvalue weighted by Crippen LogP contribution is -1.89. The first-order valence-corrected chi connectivity index (χ1v) is 6.22. The van der Waals surface area contributed by atoms with Crippen LogP contribution in [0.5, 0.6) is 0 Å². The standard InChI is InChI=1S/C12H9Cl2NS/c13-8-4-1-2-6-10(8)16-11-7-3-5-9(14)12(11)15/h1-7H,15H2. The normalized spacial score (nSPS) is 10.4. The molecule has 0 fully saturated rings. The summed E-state index contributed by atoms with van der Waals surface area (Å²) in [5.74, 6) is 0. The van der Waals surface area contributed by atoms with Crippen LogP contribution in [0.2, 0.25) is 10.0 Å². The Morgan fingerprint density at radius 2 is 1.44 bits per heavy atom. The fourth-order valence-electron chi connectivity index (χ4n) is 1.25. The van der Waals surface area contributed by atoms with Crippen LogP contribution in [0.4, 0.5) is 5.69 Å². The predicted molar refractivity (Wildman–Crippen MR) is 71.4 cm³/mol. The van der Waals surface area contributed by atoms with E-state index in [1.165, 1.54) is 11.8 Å². The minimum absolute atomic E-state index is 0.567. The van der Waals surface area contributed by atoms with Crippen molar-refractivity contribution in [2.45, 2.75) is 9.79 Å². The van der Waals surface area contributed by atoms with Crippen molar-refractivity contribution in [3.63, 3.8) is 0 Å². The molecule has 0 aromatic heterocycles. The average molecular weight is 270 g/mol. The van der Waals surface area contributed by atoms with Gasteiger partial charge in [0.15, 0.2) is 0 Å². The lowest BCUT2D eigenvalue weighted by molar-refractivity contribution is 1.41. The number of benzene rings is 2. The summed E-state index contributed by atoms with van der Waals surface area (Å²) in [5, 5.41) is 1.28. The fraction of sp³-hybridized carbons (Fsp3) is 0. The van der Waals surface area contributed by atoms with E-state index in [-0.39, 0.29) is 0 Å². The van der Waals surface area contributed by atoms with Gasteiger partial charge in [-0.3, -0.25) is 0 Å². The Morgan fingerprint density at radius 1 is 0.812 bits per heavy atom. The Hall–Kier alpha value is -0.830. The van der Waals surface area contributed by atoms with Crippen LogP contribution in [0.15, 0.2) is 52.3 Å². The quantitative estimate of drug-likeness (QED) is 0.798. The van der Waals surface area contributed by atoms with E-state index in [1.54, 1.807) is 6.07 Å². The Labute approximate surface area is 109 Å². The Bertz CT molecular complexity index is 514. The minimum Gasteiger partial charge on any atom is -0.397 e. The average Bonchev–Trinajstić information content (AvgIpc) is 2.28. The van der Waals surface area contributed by atoms with E-state index in [2.05, 4.69) is 0 Å². The lowest BCUT2D eigenvalue weighted by Gasteiger charge is -2.07. The molecule has 2 aromatic rings. The molecule has 82 valence electrons. The number of anilines is 1. The van der Waals surface area contributed by atoms with Gasteiger partial charge in [0.1, 0.15) is 0 Å². The van der Waals surface area contributed by atoms with E-state index in [9.17, 15) is 0 Å². The van der Waals surface area contributed by atoms with Gasteiger partial charge in [0.25, 0.3) is 0 Å². The summed E-state index contributed by atoms with van der Waals surface area (Å²) in [4.78, 5) is 1.89. The SMILES string of the molecule is Nc1c(Cl)cccc1Sc1ccccc1Cl. The minimum atomic E-state index is 0.567. The van der Waals surface area contributed by atoms with Gasteiger partial charge >= 0.3 is 0 Å². The summed E-state index contributed by atoms with van der Waals surface area (Å²) in [6.07, 6.45) is 0. The zero-order valence-electron chi connectivity index (χ0n) is 8.28. The molecule has 0 heterocycles. The van der Waals surface area contributed by atoms with Crippen molar-refractivity contribution in [1.29, 1.82) is 0 Å². The Morgan fingerprint density at radius 3 is 2.19 bits per heavy atom. The van der Waals surface area contributed by atoms with Gasteiger partial charge in [-0.15, -0.1) is 0 Å². The van der Waals surface area contributed by atoms with Crippen molar-refractivity contribution in [3.8, 4) is 0 Å². The van der Waals surface area contributed by atoms with Crippen molar-refractivity contribution in [3.05, 3.63) is 52.5 Å². The molecule has 0 spiro atoms. The zero-order valence-corrected chi connectivity index (χ0v) is 10.6. The van der Waals surface area contributed by atoms with Crippen LogP contribution in [0.1, 0.15) is 0 Å². The zero-order chi connectivity index (χ0) is 11.5. The highest BCUT2D eigenvalue weighted by Gasteiger charge is 2.06. The summed E-state index contributed by atoms with van der Waals surface area (Å²) in [7, 11) is 0. The van der Waals surface area contributed by atoms with E-state index in [0.29, 0.717) is 15.7 Å². The highest BCUT2D eigenvalue weighted by Crippen LogP contribution is 2.38. The molecule has 0 aliphatic carbocycles. The largest absolute Gasteiger partial charge is 0.397 e. The third-order valence-corrected chi connectivity index (χ3v) is 3.99. The summed E-state index contributed by atoms with van der Waals surface area (Å²) < 4.78 is 0. The maximum Gasteiger partial charge on any atom is 0.0647 e. The Kier molecular flexibility index (Phi) is 3.64. The van der Waals surface area contributed by atoms with Crippen molar-refractivity contribution >= 4 is 40.7 Å². The van der Waals surface area contributed by atoms with Crippen molar-refractivity contribution in [2.75, 3.05) is 5.73 Å². The monoisotopic (exact) mass is 269 g/mol. The molecule has 0 radical (unpaired) electrons. The van der Waals surface area contributed by atoms with E-state index in [1.807, 2.05) is 36.4 Å². The summed E-state index contributed by atoms with van der Waals surface area (Å²) in [6.45, 7) is 0. The smallest absolute Gasteiger partial charge is 0.0647 e. The molecule has 1 nitrogen and oxygen atoms in total. The molecule has 16 heavy (non-hydrogen) atoms. The van der Waals surface area contributed by atoms with Crippen LogP contribution >= 0.6 is 35.0 Å². The number of halogens is 2. The third-order valence-electron chi connectivity index (χ3n) is 2.07. The van der Waals surface area contributed by atoms with Gasteiger partial charge in [-0.1, -0.05) is 53.2 Å². The summed E-state index contributed by atoms with van der Waals surface area (Å²) in [6, 6.07) is 13.2. The first kappa shape index (κ1) is 11.6. The second kappa shape index (κ2) is 5.00. The lowest BCUT2D eigenvalue weighted by atomic mass is 10.3. The third kappa shape index (κ3) is 2.46. The van der Waals surface area contributed by atoms with Crippen LogP contribution in [0.25, 0.3) is 0 Å². The number of nitrogen functional groups attached to an aromatic ring is 1. The topological polar surface area (TPSA) is 26.0 Å². The van der Waals surface area contributed by atoms with E-state index < -0.39 is 0 Å². The van der Waals surface area contributed by atoms with Crippen LogP contribution in [0, 0.1) is 0 Å². The van der Waals surface area contributed by atoms with Gasteiger partial charge in [0, 0.05) is 9.79 Å². The molecule has 0 bridgehead atoms. The number of hydrogen-bond acceptors (Lipinski definition) is 2. The van der Waals surface area contributed by atoms with Crippen molar-refractivity contribution in [1.82, 2.24) is 0 Å². The van der Waals surface area contributed by atoms with Gasteiger partial charge in [0.05, 0.1) is 15.7 Å². The highest BCUT2D eigenvalue weighted by atomic mass is 35.5. The molecule has 2 N–H and O–H groups in total. The molecule has 0 saturated carbocycles. The van der Waals surface area contributed by atoms with E-state index in [4.69, 9.17) is 28.9 Å². The number of hydrogen-bond donors (Lipinski definition) is 1. The summed E-state index contributed by atoms with van der Waals surface area (Å²) in [5.41, 5.74) is 6.48. The van der Waals surface area contributed by atoms with E-state index in [0.717, 1.165) is 9.79 Å². The molecule has 0 saturated heterocycles. The van der Waals surface area contributed by atoms with E-state index >= 15 is 0 Å². The molecule has 0 aliphatic rings. The summed E-state index contributed by atoms with van der Waals surface area (Å²) >= 11 is 13.5. The van der Waals surface area contributed by atoms with Gasteiger partial charge in [-0.2, -0.15) is 0 Å². The van der Waals surface area contributed by atoms with Crippen LogP contribution in [0.3, 0.4) is 0 Å². The van der Waals surface area contributed by atoms with Crippen molar-refractivity contribution < 1.29 is 0 Å². The molecular formula is C12H9Cl2NS. The number of para-hydroxylation sites is 1. The van der Waals surface area contributed by atoms with Gasteiger partial charge < -0.3 is 5.73 Å². The molecule has 0 unspecified atom stereocenters. The molecule has 2 aromatic carbocycles. The second-order valence-electron chi connectivity index (χ2n) is 3.18. The maximum absolute atomic E-state index is 6.07. The van der Waals surface area contributed by atoms with Gasteiger partial charge in [0.2, 0.25) is 0 Å². The molecule has 0 amide bonds. The molecule has 0 aliphatic heterocycles. The van der Waals surface area contributed by atoms with Crippen LogP contribution < -0.4 is 5.73 Å². The van der Waals surface area contributed by atoms with Crippen LogP contribution in [-0.4, -0.2) is 0 Å². The predicted octanol–water partition coefficient (Wildman–Crippen LogP) is 4.73. The first-order chi connectivity index (χ1) is 7.68. The number of nitrogens with two attached hydrogens (primary N) is 1. The van der Waals surface area contributed by atoms with Crippen molar-refractivity contribution in [2.24, 2.45) is 0 Å². The maximum atomic E-state index is 6.07. The molecule has 0 atom stereocenters. The first-order valence-electron chi connectivity index (χ1n) is 4.65. The number of rotatable bonds is 2. The molecule has 2 rings (SSSR count). The van der Waals surface area contributed by atoms with Gasteiger partial charge in [-0.25, -0.2) is 0 Å². The highest BCUT2D eigenvalue weighted by molar-refractivity contribution is 7.99. The van der Waals surface area contributed by atoms with Gasteiger partial charge in [-0.05, 0) is 24.3 Å². The fourth-order valence-corrected chi connectivity index (χ4v) is 2.65. The molecular weight excluding hydrogens is 261 g/mol. The molecule has 4 heteroatoms. The van der Waals surface area contributed by atoms with Crippen LogP contribution in [-0.2, 0) is 0 Å². The second-order valence-corrected chi connectivity index (χ2v) is 5.08. The Balaban J connectivity index is 2.35.